The molecule has 3 nitrogen and oxygen atoms in total. The second-order valence-electron chi connectivity index (χ2n) is 5.78. The number of aromatic nitrogens is 2. The van der Waals surface area contributed by atoms with Gasteiger partial charge in [-0.25, -0.2) is 0 Å². The van der Waals surface area contributed by atoms with Crippen molar-refractivity contribution in [1.82, 2.24) is 9.78 Å². The lowest BCUT2D eigenvalue weighted by molar-refractivity contribution is 0.177. The van der Waals surface area contributed by atoms with Gasteiger partial charge in [0.15, 0.2) is 0 Å². The van der Waals surface area contributed by atoms with Crippen LogP contribution in [-0.4, -0.2) is 14.9 Å². The van der Waals surface area contributed by atoms with Gasteiger partial charge in [-0.1, -0.05) is 20.8 Å². The zero-order valence-electron chi connectivity index (χ0n) is 11.6. The Morgan fingerprint density at radius 1 is 1.42 bits per heavy atom. The van der Waals surface area contributed by atoms with Crippen LogP contribution in [0.15, 0.2) is 22.1 Å². The van der Waals surface area contributed by atoms with E-state index in [1.807, 2.05) is 25.4 Å². The summed E-state index contributed by atoms with van der Waals surface area (Å²) < 4.78 is 2.88. The molecule has 0 radical (unpaired) electrons. The van der Waals surface area contributed by atoms with Gasteiger partial charge in [-0.3, -0.25) is 4.68 Å². The molecule has 1 atom stereocenters. The third kappa shape index (κ3) is 3.46. The highest BCUT2D eigenvalue weighted by Gasteiger charge is 2.25. The SMILES string of the molecule is Cn1cc(C(O)Cc2ccc(Br)s2)c(C(C)(C)C)n1. The van der Waals surface area contributed by atoms with E-state index in [0.29, 0.717) is 6.42 Å². The second-order valence-corrected chi connectivity index (χ2v) is 8.33. The van der Waals surface area contributed by atoms with Gasteiger partial charge in [-0.05, 0) is 28.1 Å². The van der Waals surface area contributed by atoms with Crippen LogP contribution in [0, 0.1) is 0 Å². The van der Waals surface area contributed by atoms with Crippen LogP contribution in [-0.2, 0) is 18.9 Å². The molecule has 1 N–H and O–H groups in total. The average Bonchev–Trinajstić information content (AvgIpc) is 2.84. The Bertz CT molecular complexity index is 568. The summed E-state index contributed by atoms with van der Waals surface area (Å²) >= 11 is 5.11. The summed E-state index contributed by atoms with van der Waals surface area (Å²) in [6.07, 6.45) is 2.05. The Kier molecular flexibility index (Phi) is 4.18. The summed E-state index contributed by atoms with van der Waals surface area (Å²) in [5, 5.41) is 15.0. The van der Waals surface area contributed by atoms with Crippen LogP contribution in [0.4, 0.5) is 0 Å². The first-order chi connectivity index (χ1) is 8.77. The molecule has 0 bridgehead atoms. The zero-order valence-corrected chi connectivity index (χ0v) is 14.0. The third-order valence-corrected chi connectivity index (χ3v) is 4.60. The highest BCUT2D eigenvalue weighted by atomic mass is 79.9. The number of rotatable bonds is 3. The predicted octanol–water partition coefficient (Wildman–Crippen LogP) is 3.82. The Morgan fingerprint density at radius 3 is 2.63 bits per heavy atom. The number of halogens is 1. The van der Waals surface area contributed by atoms with Gasteiger partial charge in [-0.2, -0.15) is 5.10 Å². The minimum Gasteiger partial charge on any atom is -0.388 e. The quantitative estimate of drug-likeness (QED) is 0.920. The minimum atomic E-state index is -0.506. The summed E-state index contributed by atoms with van der Waals surface area (Å²) in [7, 11) is 1.90. The van der Waals surface area contributed by atoms with E-state index in [1.54, 1.807) is 16.0 Å². The fraction of sp³-hybridized carbons (Fsp3) is 0.500. The predicted molar refractivity (Wildman–Crippen MR) is 82.6 cm³/mol. The number of aliphatic hydroxyl groups is 1. The van der Waals surface area contributed by atoms with Crippen molar-refractivity contribution in [3.05, 3.63) is 38.3 Å². The van der Waals surface area contributed by atoms with Crippen LogP contribution < -0.4 is 0 Å². The number of aryl methyl sites for hydroxylation is 1. The van der Waals surface area contributed by atoms with Crippen molar-refractivity contribution >= 4 is 27.3 Å². The van der Waals surface area contributed by atoms with Crippen LogP contribution in [0.3, 0.4) is 0 Å². The maximum atomic E-state index is 10.5. The first-order valence-electron chi connectivity index (χ1n) is 6.23. The van der Waals surface area contributed by atoms with E-state index in [2.05, 4.69) is 41.8 Å². The molecule has 0 aliphatic heterocycles. The molecule has 0 fully saturated rings. The fourth-order valence-electron chi connectivity index (χ4n) is 2.10. The van der Waals surface area contributed by atoms with Gasteiger partial charge in [0.2, 0.25) is 0 Å². The summed E-state index contributed by atoms with van der Waals surface area (Å²) in [5.41, 5.74) is 1.84. The number of thiophene rings is 1. The molecule has 0 saturated carbocycles. The smallest absolute Gasteiger partial charge is 0.0871 e. The van der Waals surface area contributed by atoms with Crippen LogP contribution in [0.1, 0.15) is 43.0 Å². The lowest BCUT2D eigenvalue weighted by Crippen LogP contribution is -2.16. The summed E-state index contributed by atoms with van der Waals surface area (Å²) in [5.74, 6) is 0. The maximum absolute atomic E-state index is 10.5. The van der Waals surface area contributed by atoms with Crippen molar-refractivity contribution in [3.63, 3.8) is 0 Å². The zero-order chi connectivity index (χ0) is 14.2. The lowest BCUT2D eigenvalue weighted by atomic mass is 9.87. The van der Waals surface area contributed by atoms with Crippen molar-refractivity contribution in [2.75, 3.05) is 0 Å². The molecule has 19 heavy (non-hydrogen) atoms. The lowest BCUT2D eigenvalue weighted by Gasteiger charge is -2.19. The van der Waals surface area contributed by atoms with E-state index in [9.17, 15) is 5.11 Å². The van der Waals surface area contributed by atoms with Crippen LogP contribution in [0.5, 0.6) is 0 Å². The molecule has 2 heterocycles. The second kappa shape index (κ2) is 5.38. The van der Waals surface area contributed by atoms with Gasteiger partial charge in [-0.15, -0.1) is 11.3 Å². The largest absolute Gasteiger partial charge is 0.388 e. The van der Waals surface area contributed by atoms with Gasteiger partial charge in [0.1, 0.15) is 0 Å². The van der Waals surface area contributed by atoms with Crippen LogP contribution in [0.2, 0.25) is 0 Å². The monoisotopic (exact) mass is 342 g/mol. The molecule has 2 aromatic heterocycles. The number of hydrogen-bond acceptors (Lipinski definition) is 3. The molecule has 1 unspecified atom stereocenters. The Morgan fingerprint density at radius 2 is 2.11 bits per heavy atom. The Hall–Kier alpha value is -0.650. The molecule has 0 spiro atoms. The van der Waals surface area contributed by atoms with E-state index in [0.717, 1.165) is 15.0 Å². The molecule has 0 aliphatic carbocycles. The van der Waals surface area contributed by atoms with Gasteiger partial charge < -0.3 is 5.11 Å². The molecule has 0 aliphatic rings. The third-order valence-electron chi connectivity index (χ3n) is 2.95. The molecule has 0 saturated heterocycles. The summed E-state index contributed by atoms with van der Waals surface area (Å²) in [6, 6.07) is 4.06. The van der Waals surface area contributed by atoms with Gasteiger partial charge in [0.05, 0.1) is 15.6 Å². The van der Waals surface area contributed by atoms with Gasteiger partial charge in [0.25, 0.3) is 0 Å². The van der Waals surface area contributed by atoms with Crippen LogP contribution >= 0.6 is 27.3 Å². The molecular weight excluding hydrogens is 324 g/mol. The van der Waals surface area contributed by atoms with E-state index in [1.165, 1.54) is 4.88 Å². The van der Waals surface area contributed by atoms with Crippen molar-refractivity contribution in [1.29, 1.82) is 0 Å². The highest BCUT2D eigenvalue weighted by Crippen LogP contribution is 2.32. The fourth-order valence-corrected chi connectivity index (χ4v) is 3.62. The van der Waals surface area contributed by atoms with Crippen molar-refractivity contribution < 1.29 is 5.11 Å². The minimum absolute atomic E-state index is 0.0619. The Labute approximate surface area is 126 Å². The topological polar surface area (TPSA) is 38.0 Å². The number of aliphatic hydroxyl groups excluding tert-OH is 1. The molecule has 2 rings (SSSR count). The van der Waals surface area contributed by atoms with Crippen molar-refractivity contribution in [2.24, 2.45) is 7.05 Å². The molecule has 0 amide bonds. The first-order valence-corrected chi connectivity index (χ1v) is 7.84. The highest BCUT2D eigenvalue weighted by molar-refractivity contribution is 9.11. The van der Waals surface area contributed by atoms with Crippen molar-refractivity contribution in [2.45, 2.75) is 38.7 Å². The number of hydrogen-bond donors (Lipinski definition) is 1. The van der Waals surface area contributed by atoms with Gasteiger partial charge in [0, 0.05) is 35.5 Å². The van der Waals surface area contributed by atoms with E-state index in [-0.39, 0.29) is 5.41 Å². The standard InChI is InChI=1S/C14H19BrN2OS/c1-14(2,3)13-10(8-17(4)16-13)11(18)7-9-5-6-12(15)19-9/h5-6,8,11,18H,7H2,1-4H3. The van der Waals surface area contributed by atoms with Gasteiger partial charge >= 0.3 is 0 Å². The van der Waals surface area contributed by atoms with E-state index < -0.39 is 6.10 Å². The molecule has 2 aromatic rings. The molecule has 5 heteroatoms. The normalized spacial score (nSPS) is 13.8. The molecular formula is C14H19BrN2OS. The molecule has 104 valence electrons. The van der Waals surface area contributed by atoms with Crippen LogP contribution in [0.25, 0.3) is 0 Å². The first kappa shape index (κ1) is 14.8. The maximum Gasteiger partial charge on any atom is 0.0871 e. The van der Waals surface area contributed by atoms with Crippen molar-refractivity contribution in [3.8, 4) is 0 Å². The summed E-state index contributed by atoms with van der Waals surface area (Å²) in [6.45, 7) is 6.36. The van der Waals surface area contributed by atoms with E-state index in [4.69, 9.17) is 0 Å². The van der Waals surface area contributed by atoms with E-state index >= 15 is 0 Å². The Balaban J connectivity index is 2.26. The molecule has 0 aromatic carbocycles. The average molecular weight is 343 g/mol. The number of nitrogens with zero attached hydrogens (tertiary/aromatic N) is 2. The summed E-state index contributed by atoms with van der Waals surface area (Å²) in [4.78, 5) is 1.17.